The van der Waals surface area contributed by atoms with Crippen molar-refractivity contribution in [2.45, 2.75) is 60.2 Å². The minimum absolute atomic E-state index is 0.464. The van der Waals surface area contributed by atoms with Gasteiger partial charge in [0.25, 0.3) is 0 Å². The molecule has 0 aromatic rings. The summed E-state index contributed by atoms with van der Waals surface area (Å²) in [6, 6.07) is 0. The Balaban J connectivity index is 2.73. The van der Waals surface area contributed by atoms with Crippen molar-refractivity contribution in [2.75, 3.05) is 0 Å². The maximum Gasteiger partial charge on any atom is 0.0630 e. The smallest absolute Gasteiger partial charge is 0.0630 e. The lowest BCUT2D eigenvalue weighted by Gasteiger charge is -2.45. The highest BCUT2D eigenvalue weighted by molar-refractivity contribution is 4.86. The van der Waals surface area contributed by atoms with Crippen LogP contribution < -0.4 is 0 Å². The maximum atomic E-state index is 6.19. The standard InChI is InChI=1S/C13H26O/c1-7-12-10(5)9(4)11(6)13(14-12)8(2)3/h8-13H,7H2,1-6H3/t9?,10-,11-,12?,13+/m0/s1. The Labute approximate surface area is 89.2 Å². The predicted octanol–water partition coefficient (Wildman–Crippen LogP) is 3.73. The molecule has 1 aliphatic rings. The molecule has 14 heavy (non-hydrogen) atoms. The average Bonchev–Trinajstić information content (AvgIpc) is 2.14. The van der Waals surface area contributed by atoms with Crippen LogP contribution in [0.25, 0.3) is 0 Å². The van der Waals surface area contributed by atoms with Crippen LogP contribution in [0.5, 0.6) is 0 Å². The molecule has 0 radical (unpaired) electrons. The molecule has 0 aromatic carbocycles. The van der Waals surface area contributed by atoms with Crippen LogP contribution in [0.1, 0.15) is 48.0 Å². The zero-order chi connectivity index (χ0) is 10.9. The molecule has 1 nitrogen and oxygen atoms in total. The first-order chi connectivity index (χ1) is 6.49. The molecule has 5 atom stereocenters. The second kappa shape index (κ2) is 4.65. The molecule has 1 aliphatic heterocycles. The fraction of sp³-hybridized carbons (Fsp3) is 1.00. The highest BCUT2D eigenvalue weighted by atomic mass is 16.5. The molecule has 0 aliphatic carbocycles. The van der Waals surface area contributed by atoms with Crippen LogP contribution in [0.3, 0.4) is 0 Å². The molecule has 1 heteroatoms. The van der Waals surface area contributed by atoms with E-state index in [2.05, 4.69) is 41.5 Å². The van der Waals surface area contributed by atoms with E-state index in [1.54, 1.807) is 0 Å². The molecule has 1 fully saturated rings. The van der Waals surface area contributed by atoms with E-state index in [1.165, 1.54) is 0 Å². The predicted molar refractivity (Wildman–Crippen MR) is 61.3 cm³/mol. The van der Waals surface area contributed by atoms with Gasteiger partial charge in [0.1, 0.15) is 0 Å². The first kappa shape index (κ1) is 12.0. The minimum atomic E-state index is 0.464. The van der Waals surface area contributed by atoms with Gasteiger partial charge in [-0.05, 0) is 30.1 Å². The Bertz CT molecular complexity index is 174. The summed E-state index contributed by atoms with van der Waals surface area (Å²) in [5, 5.41) is 0. The van der Waals surface area contributed by atoms with Crippen molar-refractivity contribution < 1.29 is 4.74 Å². The first-order valence-electron chi connectivity index (χ1n) is 6.14. The SMILES string of the molecule is CCC1O[C@H](C(C)C)[C@@H](C)C(C)[C@@H]1C. The Morgan fingerprint density at radius 2 is 1.57 bits per heavy atom. The molecule has 1 rings (SSSR count). The lowest BCUT2D eigenvalue weighted by molar-refractivity contribution is -0.149. The largest absolute Gasteiger partial charge is 0.374 e. The third-order valence-electron chi connectivity index (χ3n) is 4.15. The summed E-state index contributed by atoms with van der Waals surface area (Å²) >= 11 is 0. The summed E-state index contributed by atoms with van der Waals surface area (Å²) in [5.74, 6) is 2.85. The van der Waals surface area contributed by atoms with Crippen LogP contribution in [0.2, 0.25) is 0 Å². The van der Waals surface area contributed by atoms with Gasteiger partial charge in [-0.1, -0.05) is 41.5 Å². The molecule has 84 valence electrons. The monoisotopic (exact) mass is 198 g/mol. The maximum absolute atomic E-state index is 6.19. The Morgan fingerprint density at radius 1 is 1.00 bits per heavy atom. The van der Waals surface area contributed by atoms with Crippen LogP contribution >= 0.6 is 0 Å². The van der Waals surface area contributed by atoms with Crippen molar-refractivity contribution in [3.05, 3.63) is 0 Å². The summed E-state index contributed by atoms with van der Waals surface area (Å²) < 4.78 is 6.19. The van der Waals surface area contributed by atoms with E-state index in [-0.39, 0.29) is 0 Å². The summed E-state index contributed by atoms with van der Waals surface area (Å²) in [6.45, 7) is 13.9. The van der Waals surface area contributed by atoms with Gasteiger partial charge < -0.3 is 4.74 Å². The fourth-order valence-electron chi connectivity index (χ4n) is 2.80. The first-order valence-corrected chi connectivity index (χ1v) is 6.14. The van der Waals surface area contributed by atoms with Crippen LogP contribution in [0.4, 0.5) is 0 Å². The van der Waals surface area contributed by atoms with Gasteiger partial charge in [-0.3, -0.25) is 0 Å². The highest BCUT2D eigenvalue weighted by Crippen LogP contribution is 2.38. The minimum Gasteiger partial charge on any atom is -0.374 e. The molecule has 1 heterocycles. The van der Waals surface area contributed by atoms with E-state index in [0.29, 0.717) is 30.0 Å². The van der Waals surface area contributed by atoms with Crippen molar-refractivity contribution in [1.82, 2.24) is 0 Å². The third kappa shape index (κ3) is 2.13. The number of hydrogen-bond acceptors (Lipinski definition) is 1. The van der Waals surface area contributed by atoms with Gasteiger partial charge in [0.2, 0.25) is 0 Å². The molecule has 1 saturated heterocycles. The van der Waals surface area contributed by atoms with Gasteiger partial charge >= 0.3 is 0 Å². The van der Waals surface area contributed by atoms with Gasteiger partial charge in [0.05, 0.1) is 12.2 Å². The topological polar surface area (TPSA) is 9.23 Å². The van der Waals surface area contributed by atoms with Gasteiger partial charge in [-0.2, -0.15) is 0 Å². The molecule has 0 aromatic heterocycles. The molecule has 0 saturated carbocycles. The zero-order valence-electron chi connectivity index (χ0n) is 10.6. The van der Waals surface area contributed by atoms with E-state index in [9.17, 15) is 0 Å². The van der Waals surface area contributed by atoms with Gasteiger partial charge in [-0.25, -0.2) is 0 Å². The third-order valence-corrected chi connectivity index (χ3v) is 4.15. The molecule has 0 spiro atoms. The molecule has 0 amide bonds. The average molecular weight is 198 g/mol. The van der Waals surface area contributed by atoms with Crippen molar-refractivity contribution >= 4 is 0 Å². The fourth-order valence-corrected chi connectivity index (χ4v) is 2.80. The Morgan fingerprint density at radius 3 is 2.00 bits per heavy atom. The van der Waals surface area contributed by atoms with Crippen LogP contribution in [0.15, 0.2) is 0 Å². The van der Waals surface area contributed by atoms with Crippen LogP contribution in [0, 0.1) is 23.7 Å². The second-order valence-corrected chi connectivity index (χ2v) is 5.37. The summed E-state index contributed by atoms with van der Waals surface area (Å²) in [7, 11) is 0. The Kier molecular flexibility index (Phi) is 4.00. The van der Waals surface area contributed by atoms with Gasteiger partial charge in [-0.15, -0.1) is 0 Å². The van der Waals surface area contributed by atoms with Crippen molar-refractivity contribution in [3.8, 4) is 0 Å². The highest BCUT2D eigenvalue weighted by Gasteiger charge is 2.39. The molecular weight excluding hydrogens is 172 g/mol. The number of ether oxygens (including phenoxy) is 1. The van der Waals surface area contributed by atoms with E-state index in [4.69, 9.17) is 4.74 Å². The quantitative estimate of drug-likeness (QED) is 0.657. The molecule has 0 bridgehead atoms. The van der Waals surface area contributed by atoms with Crippen LogP contribution in [-0.4, -0.2) is 12.2 Å². The van der Waals surface area contributed by atoms with E-state index in [0.717, 1.165) is 12.3 Å². The lowest BCUT2D eigenvalue weighted by Crippen LogP contribution is -2.46. The molecular formula is C13H26O. The van der Waals surface area contributed by atoms with E-state index < -0.39 is 0 Å². The summed E-state index contributed by atoms with van der Waals surface area (Å²) in [4.78, 5) is 0. The van der Waals surface area contributed by atoms with Crippen LogP contribution in [-0.2, 0) is 4.74 Å². The number of hydrogen-bond donors (Lipinski definition) is 0. The molecule has 0 N–H and O–H groups in total. The normalized spacial score (nSPS) is 44.4. The van der Waals surface area contributed by atoms with Gasteiger partial charge in [0.15, 0.2) is 0 Å². The van der Waals surface area contributed by atoms with Crippen molar-refractivity contribution in [2.24, 2.45) is 23.7 Å². The van der Waals surface area contributed by atoms with Crippen molar-refractivity contribution in [1.29, 1.82) is 0 Å². The lowest BCUT2D eigenvalue weighted by atomic mass is 9.73. The zero-order valence-corrected chi connectivity index (χ0v) is 10.6. The Hall–Kier alpha value is -0.0400. The van der Waals surface area contributed by atoms with E-state index >= 15 is 0 Å². The number of rotatable bonds is 2. The van der Waals surface area contributed by atoms with E-state index in [1.807, 2.05) is 0 Å². The second-order valence-electron chi connectivity index (χ2n) is 5.37. The van der Waals surface area contributed by atoms with Crippen molar-refractivity contribution in [3.63, 3.8) is 0 Å². The molecule has 2 unspecified atom stereocenters. The van der Waals surface area contributed by atoms with Gasteiger partial charge in [0, 0.05) is 0 Å². The summed E-state index contributed by atoms with van der Waals surface area (Å²) in [5.41, 5.74) is 0. The summed E-state index contributed by atoms with van der Waals surface area (Å²) in [6.07, 6.45) is 2.10.